The van der Waals surface area contributed by atoms with Gasteiger partial charge in [-0.05, 0) is 12.5 Å². The van der Waals surface area contributed by atoms with Gasteiger partial charge in [-0.2, -0.15) is 5.26 Å². The van der Waals surface area contributed by atoms with Crippen LogP contribution in [0.15, 0.2) is 12.1 Å². The number of hydrogen-bond acceptors (Lipinski definition) is 6. The molecule has 100 valence electrons. The Hall–Kier alpha value is -2.46. The van der Waals surface area contributed by atoms with Crippen LogP contribution in [0.2, 0.25) is 0 Å². The number of rotatable bonds is 5. The molecule has 0 aliphatic carbocycles. The van der Waals surface area contributed by atoms with Crippen LogP contribution in [0.4, 0.5) is 5.69 Å². The van der Waals surface area contributed by atoms with Gasteiger partial charge in [-0.15, -0.1) is 0 Å². The summed E-state index contributed by atoms with van der Waals surface area (Å²) >= 11 is 0. The molecule has 0 amide bonds. The summed E-state index contributed by atoms with van der Waals surface area (Å²) in [5.74, 6) is -0.523. The number of aliphatic hydroxyl groups excluding tert-OH is 1. The van der Waals surface area contributed by atoms with Crippen molar-refractivity contribution in [2.75, 3.05) is 6.61 Å². The number of aliphatic hydroxyl groups is 1. The number of nitro groups is 1. The summed E-state index contributed by atoms with van der Waals surface area (Å²) in [6.07, 6.45) is -0.145. The highest BCUT2D eigenvalue weighted by molar-refractivity contribution is 5.73. The minimum Gasteiger partial charge on any atom is -0.466 e. The van der Waals surface area contributed by atoms with E-state index in [9.17, 15) is 14.9 Å². The zero-order chi connectivity index (χ0) is 14.4. The molecule has 1 rings (SSSR count). The molecular weight excluding hydrogens is 252 g/mol. The molecule has 1 aromatic carbocycles. The molecule has 0 aliphatic heterocycles. The Balaban J connectivity index is 3.22. The first-order chi connectivity index (χ1) is 9.03. The first-order valence-corrected chi connectivity index (χ1v) is 5.50. The fraction of sp³-hybridized carbons (Fsp3) is 0.333. The molecule has 0 atom stereocenters. The molecule has 0 aromatic heterocycles. The molecule has 0 saturated heterocycles. The Labute approximate surface area is 109 Å². The van der Waals surface area contributed by atoms with E-state index in [1.165, 1.54) is 6.07 Å². The second kappa shape index (κ2) is 6.47. The zero-order valence-electron chi connectivity index (χ0n) is 10.3. The van der Waals surface area contributed by atoms with Gasteiger partial charge >= 0.3 is 5.97 Å². The highest BCUT2D eigenvalue weighted by Gasteiger charge is 2.20. The summed E-state index contributed by atoms with van der Waals surface area (Å²) in [6.45, 7) is 1.35. The Kier molecular flexibility index (Phi) is 4.97. The van der Waals surface area contributed by atoms with Crippen LogP contribution in [0.5, 0.6) is 0 Å². The smallest absolute Gasteiger partial charge is 0.310 e. The summed E-state index contributed by atoms with van der Waals surface area (Å²) in [7, 11) is 0. The van der Waals surface area contributed by atoms with Gasteiger partial charge in [0.25, 0.3) is 5.69 Å². The van der Waals surface area contributed by atoms with Gasteiger partial charge in [0.2, 0.25) is 0 Å². The van der Waals surface area contributed by atoms with E-state index >= 15 is 0 Å². The lowest BCUT2D eigenvalue weighted by Crippen LogP contribution is -2.09. The molecule has 1 aromatic rings. The number of carbonyl (C=O) groups is 1. The Morgan fingerprint density at radius 2 is 2.26 bits per heavy atom. The third-order valence-corrected chi connectivity index (χ3v) is 2.39. The third-order valence-electron chi connectivity index (χ3n) is 2.39. The second-order valence-corrected chi connectivity index (χ2v) is 3.66. The van der Waals surface area contributed by atoms with Gasteiger partial charge < -0.3 is 9.84 Å². The van der Waals surface area contributed by atoms with Crippen LogP contribution >= 0.6 is 0 Å². The van der Waals surface area contributed by atoms with Gasteiger partial charge in [0.1, 0.15) is 11.6 Å². The number of nitro benzene ring substituents is 1. The van der Waals surface area contributed by atoms with Gasteiger partial charge in [-0.25, -0.2) is 0 Å². The van der Waals surface area contributed by atoms with E-state index in [1.54, 1.807) is 13.0 Å². The summed E-state index contributed by atoms with van der Waals surface area (Å²) in [5, 5.41) is 28.9. The minimum absolute atomic E-state index is 0.121. The summed E-state index contributed by atoms with van der Waals surface area (Å²) < 4.78 is 4.74. The van der Waals surface area contributed by atoms with Gasteiger partial charge in [0.15, 0.2) is 0 Å². The van der Waals surface area contributed by atoms with Crippen molar-refractivity contribution in [1.82, 2.24) is 0 Å². The van der Waals surface area contributed by atoms with Gasteiger partial charge in [-0.3, -0.25) is 14.9 Å². The van der Waals surface area contributed by atoms with Crippen molar-refractivity contribution in [3.8, 4) is 6.07 Å². The van der Waals surface area contributed by atoms with E-state index in [0.717, 1.165) is 6.07 Å². The van der Waals surface area contributed by atoms with E-state index in [4.69, 9.17) is 15.1 Å². The summed E-state index contributed by atoms with van der Waals surface area (Å²) in [4.78, 5) is 21.5. The molecule has 7 heteroatoms. The lowest BCUT2D eigenvalue weighted by Gasteiger charge is -2.06. The Morgan fingerprint density at radius 1 is 1.58 bits per heavy atom. The molecule has 0 fully saturated rings. The summed E-state index contributed by atoms with van der Waals surface area (Å²) in [5.41, 5.74) is -0.169. The van der Waals surface area contributed by atoms with Gasteiger partial charge in [0.05, 0.1) is 24.6 Å². The third kappa shape index (κ3) is 3.50. The average molecular weight is 264 g/mol. The average Bonchev–Trinajstić information content (AvgIpc) is 2.37. The number of nitrogens with zero attached hydrogens (tertiary/aromatic N) is 2. The fourth-order valence-electron chi connectivity index (χ4n) is 1.63. The highest BCUT2D eigenvalue weighted by Crippen LogP contribution is 2.24. The van der Waals surface area contributed by atoms with E-state index in [2.05, 4.69) is 0 Å². The number of benzene rings is 1. The quantitative estimate of drug-likeness (QED) is 0.483. The van der Waals surface area contributed by atoms with Crippen LogP contribution in [0, 0.1) is 21.4 Å². The lowest BCUT2D eigenvalue weighted by molar-refractivity contribution is -0.385. The fourth-order valence-corrected chi connectivity index (χ4v) is 1.63. The number of ether oxygens (including phenoxy) is 1. The van der Waals surface area contributed by atoms with Crippen molar-refractivity contribution in [1.29, 1.82) is 5.26 Å². The van der Waals surface area contributed by atoms with Crippen molar-refractivity contribution in [2.45, 2.75) is 20.0 Å². The van der Waals surface area contributed by atoms with Crippen LogP contribution in [0.25, 0.3) is 0 Å². The second-order valence-electron chi connectivity index (χ2n) is 3.66. The SMILES string of the molecule is CCOC(=O)Cc1cc(CO)c(C#N)c([N+](=O)[O-])c1. The Bertz CT molecular complexity index is 548. The van der Waals surface area contributed by atoms with E-state index in [1.807, 2.05) is 0 Å². The maximum Gasteiger partial charge on any atom is 0.310 e. The molecule has 0 heterocycles. The predicted octanol–water partition coefficient (Wildman–Crippen LogP) is 1.06. The monoisotopic (exact) mass is 264 g/mol. The maximum atomic E-state index is 11.3. The number of nitriles is 1. The van der Waals surface area contributed by atoms with Gasteiger partial charge in [0, 0.05) is 11.6 Å². The van der Waals surface area contributed by atoms with Crippen molar-refractivity contribution in [3.63, 3.8) is 0 Å². The first kappa shape index (κ1) is 14.6. The van der Waals surface area contributed by atoms with Crippen LogP contribution in [0.3, 0.4) is 0 Å². The van der Waals surface area contributed by atoms with Crippen LogP contribution in [-0.2, 0) is 22.6 Å². The van der Waals surface area contributed by atoms with Crippen LogP contribution < -0.4 is 0 Å². The largest absolute Gasteiger partial charge is 0.466 e. The van der Waals surface area contributed by atoms with Crippen molar-refractivity contribution in [2.24, 2.45) is 0 Å². The molecule has 0 spiro atoms. The molecular formula is C12H12N2O5. The summed E-state index contributed by atoms with van der Waals surface area (Å²) in [6, 6.07) is 4.22. The first-order valence-electron chi connectivity index (χ1n) is 5.50. The normalized spacial score (nSPS) is 9.74. The number of esters is 1. The van der Waals surface area contributed by atoms with Crippen molar-refractivity contribution < 1.29 is 19.6 Å². The van der Waals surface area contributed by atoms with Gasteiger partial charge in [-0.1, -0.05) is 6.07 Å². The molecule has 1 N–H and O–H groups in total. The van der Waals surface area contributed by atoms with Crippen molar-refractivity contribution in [3.05, 3.63) is 38.9 Å². The zero-order valence-corrected chi connectivity index (χ0v) is 10.3. The van der Waals surface area contributed by atoms with E-state index in [-0.39, 0.29) is 24.2 Å². The molecule has 0 radical (unpaired) electrons. The van der Waals surface area contributed by atoms with E-state index in [0.29, 0.717) is 5.56 Å². The maximum absolute atomic E-state index is 11.3. The molecule has 7 nitrogen and oxygen atoms in total. The van der Waals surface area contributed by atoms with Crippen molar-refractivity contribution >= 4 is 11.7 Å². The van der Waals surface area contributed by atoms with Crippen LogP contribution in [-0.4, -0.2) is 22.6 Å². The molecule has 0 bridgehead atoms. The standard InChI is InChI=1S/C12H12N2O5/c1-2-19-12(16)5-8-3-9(7-15)10(6-13)11(4-8)14(17)18/h3-4,15H,2,5,7H2,1H3. The highest BCUT2D eigenvalue weighted by atomic mass is 16.6. The molecule has 0 saturated carbocycles. The van der Waals surface area contributed by atoms with E-state index < -0.39 is 23.2 Å². The predicted molar refractivity (Wildman–Crippen MR) is 64.1 cm³/mol. The molecule has 0 aliphatic rings. The number of carbonyl (C=O) groups excluding carboxylic acids is 1. The lowest BCUT2D eigenvalue weighted by atomic mass is 10.0. The minimum atomic E-state index is -0.716. The topological polar surface area (TPSA) is 113 Å². The van der Waals surface area contributed by atoms with Crippen LogP contribution in [0.1, 0.15) is 23.6 Å². The number of hydrogen-bond donors (Lipinski definition) is 1. The molecule has 19 heavy (non-hydrogen) atoms. The Morgan fingerprint density at radius 3 is 2.74 bits per heavy atom. The molecule has 0 unspecified atom stereocenters.